The van der Waals surface area contributed by atoms with Crippen LogP contribution in [-0.4, -0.2) is 0 Å². The third kappa shape index (κ3) is 2.82. The van der Waals surface area contributed by atoms with E-state index in [9.17, 15) is 0 Å². The molecular formula is C11H12ClNS. The van der Waals surface area contributed by atoms with Gasteiger partial charge in [-0.3, -0.25) is 0 Å². The van der Waals surface area contributed by atoms with E-state index in [4.69, 9.17) is 0 Å². The molecule has 2 aromatic rings. The van der Waals surface area contributed by atoms with Gasteiger partial charge in [-0.25, -0.2) is 0 Å². The van der Waals surface area contributed by atoms with Gasteiger partial charge >= 0.3 is 0 Å². The molecule has 0 N–H and O–H groups in total. The minimum atomic E-state index is 0. The summed E-state index contributed by atoms with van der Waals surface area (Å²) in [5, 5.41) is 2.19. The van der Waals surface area contributed by atoms with E-state index in [1.807, 2.05) is 17.4 Å². The number of rotatable bonds is 2. The Morgan fingerprint density at radius 2 is 1.93 bits per heavy atom. The number of nitrogens with zero attached hydrogens (tertiary/aromatic N) is 1. The van der Waals surface area contributed by atoms with E-state index in [0.29, 0.717) is 0 Å². The van der Waals surface area contributed by atoms with E-state index in [-0.39, 0.29) is 12.4 Å². The predicted octanol–water partition coefficient (Wildman–Crippen LogP) is -0.604. The van der Waals surface area contributed by atoms with Gasteiger partial charge in [0.05, 0.1) is 4.88 Å². The lowest BCUT2D eigenvalue weighted by atomic mass is 10.3. The molecule has 2 rings (SSSR count). The summed E-state index contributed by atoms with van der Waals surface area (Å²) in [5.41, 5.74) is 1.36. The first-order valence-corrected chi connectivity index (χ1v) is 5.21. The second kappa shape index (κ2) is 5.13. The number of thiophene rings is 1. The Kier molecular flexibility index (Phi) is 4.11. The molecule has 3 heteroatoms. The van der Waals surface area contributed by atoms with Gasteiger partial charge in [0, 0.05) is 12.1 Å². The summed E-state index contributed by atoms with van der Waals surface area (Å²) >= 11 is 1.82. The fourth-order valence-electron chi connectivity index (χ4n) is 1.29. The first-order chi connectivity index (χ1) is 6.34. The van der Waals surface area contributed by atoms with Gasteiger partial charge in [0.1, 0.15) is 0 Å². The smallest absolute Gasteiger partial charge is 0.182 e. The highest BCUT2D eigenvalue weighted by molar-refractivity contribution is 7.10. The van der Waals surface area contributed by atoms with Crippen LogP contribution in [0.25, 0.3) is 0 Å². The molecule has 0 unspecified atom stereocenters. The molecule has 0 aliphatic rings. The Morgan fingerprint density at radius 3 is 2.50 bits per heavy atom. The van der Waals surface area contributed by atoms with E-state index >= 15 is 0 Å². The third-order valence-electron chi connectivity index (χ3n) is 1.90. The molecule has 0 saturated heterocycles. The summed E-state index contributed by atoms with van der Waals surface area (Å²) in [6.07, 6.45) is 4.18. The van der Waals surface area contributed by atoms with Crippen LogP contribution >= 0.6 is 11.3 Å². The maximum absolute atomic E-state index is 2.24. The molecule has 0 saturated carbocycles. The van der Waals surface area contributed by atoms with Crippen LogP contribution in [0.4, 0.5) is 0 Å². The summed E-state index contributed by atoms with van der Waals surface area (Å²) in [5.74, 6) is 0. The van der Waals surface area contributed by atoms with E-state index < -0.39 is 0 Å². The molecule has 1 nitrogen and oxygen atoms in total. The monoisotopic (exact) mass is 225 g/mol. The van der Waals surface area contributed by atoms with Gasteiger partial charge in [-0.2, -0.15) is 4.57 Å². The van der Waals surface area contributed by atoms with Gasteiger partial charge in [0.25, 0.3) is 0 Å². The standard InChI is InChI=1S/C11H12NS.ClH/c1-10-7-11(13-9-10)8-12-5-3-2-4-6-12;/h2-7,9H,8H2,1H3;1H/q+1;/p-1. The maximum atomic E-state index is 2.24. The first kappa shape index (κ1) is 11.2. The van der Waals surface area contributed by atoms with Crippen molar-refractivity contribution in [3.05, 3.63) is 52.5 Å². The molecule has 0 fully saturated rings. The molecule has 0 aliphatic carbocycles. The van der Waals surface area contributed by atoms with Crippen molar-refractivity contribution in [2.75, 3.05) is 0 Å². The first-order valence-electron chi connectivity index (χ1n) is 4.33. The predicted molar refractivity (Wildman–Crippen MR) is 54.8 cm³/mol. The van der Waals surface area contributed by atoms with Crippen molar-refractivity contribution in [3.63, 3.8) is 0 Å². The minimum absolute atomic E-state index is 0. The molecule has 0 aromatic carbocycles. The SMILES string of the molecule is Cc1csc(C[n+]2ccccc2)c1.[Cl-]. The molecule has 74 valence electrons. The van der Waals surface area contributed by atoms with Crippen LogP contribution in [0.2, 0.25) is 0 Å². The lowest BCUT2D eigenvalue weighted by Gasteiger charge is -1.91. The number of hydrogen-bond donors (Lipinski definition) is 0. The number of halogens is 1. The summed E-state index contributed by atoms with van der Waals surface area (Å²) in [7, 11) is 0. The van der Waals surface area contributed by atoms with Crippen LogP contribution in [0.3, 0.4) is 0 Å². The molecule has 14 heavy (non-hydrogen) atoms. The molecule has 0 amide bonds. The zero-order valence-electron chi connectivity index (χ0n) is 7.98. The van der Waals surface area contributed by atoms with Crippen LogP contribution in [0.15, 0.2) is 42.0 Å². The minimum Gasteiger partial charge on any atom is -1.00 e. The average molecular weight is 226 g/mol. The zero-order chi connectivity index (χ0) is 9.10. The third-order valence-corrected chi connectivity index (χ3v) is 2.94. The molecular weight excluding hydrogens is 214 g/mol. The highest BCUT2D eigenvalue weighted by Gasteiger charge is 2.02. The van der Waals surface area contributed by atoms with E-state index in [1.165, 1.54) is 10.4 Å². The van der Waals surface area contributed by atoms with Gasteiger partial charge in [0.2, 0.25) is 0 Å². The quantitative estimate of drug-likeness (QED) is 0.601. The van der Waals surface area contributed by atoms with E-state index in [2.05, 4.69) is 47.5 Å². The fourth-order valence-corrected chi connectivity index (χ4v) is 2.18. The molecule has 2 aromatic heterocycles. The highest BCUT2D eigenvalue weighted by Crippen LogP contribution is 2.12. The largest absolute Gasteiger partial charge is 1.00 e. The van der Waals surface area contributed by atoms with Gasteiger partial charge in [-0.15, -0.1) is 11.3 Å². The lowest BCUT2D eigenvalue weighted by molar-refractivity contribution is -0.687. The highest BCUT2D eigenvalue weighted by atomic mass is 35.5. The van der Waals surface area contributed by atoms with Crippen molar-refractivity contribution in [2.45, 2.75) is 13.5 Å². The summed E-state index contributed by atoms with van der Waals surface area (Å²) < 4.78 is 2.19. The topological polar surface area (TPSA) is 3.88 Å². The van der Waals surface area contributed by atoms with Crippen molar-refractivity contribution in [3.8, 4) is 0 Å². The van der Waals surface area contributed by atoms with Gasteiger partial charge < -0.3 is 12.4 Å². The summed E-state index contributed by atoms with van der Waals surface area (Å²) in [4.78, 5) is 1.41. The van der Waals surface area contributed by atoms with Gasteiger partial charge in [-0.1, -0.05) is 6.07 Å². The number of aryl methyl sites for hydroxylation is 1. The molecule has 0 aliphatic heterocycles. The van der Waals surface area contributed by atoms with Crippen molar-refractivity contribution in [1.82, 2.24) is 0 Å². The Balaban J connectivity index is 0.000000980. The van der Waals surface area contributed by atoms with E-state index in [0.717, 1.165) is 6.54 Å². The van der Waals surface area contributed by atoms with Crippen molar-refractivity contribution >= 4 is 11.3 Å². The molecule has 0 atom stereocenters. The van der Waals surface area contributed by atoms with E-state index in [1.54, 1.807) is 0 Å². The molecule has 0 spiro atoms. The van der Waals surface area contributed by atoms with Crippen LogP contribution in [0.5, 0.6) is 0 Å². The van der Waals surface area contributed by atoms with Crippen LogP contribution in [0.1, 0.15) is 10.4 Å². The average Bonchev–Trinajstić information content (AvgIpc) is 2.53. The maximum Gasteiger partial charge on any atom is 0.182 e. The number of pyridine rings is 1. The summed E-state index contributed by atoms with van der Waals surface area (Å²) in [6, 6.07) is 8.39. The van der Waals surface area contributed by atoms with Gasteiger partial charge in [-0.05, 0) is 23.9 Å². The second-order valence-corrected chi connectivity index (χ2v) is 4.13. The second-order valence-electron chi connectivity index (χ2n) is 3.14. The molecule has 0 bridgehead atoms. The summed E-state index contributed by atoms with van der Waals surface area (Å²) in [6.45, 7) is 3.12. The lowest BCUT2D eigenvalue weighted by Crippen LogP contribution is -3.00. The zero-order valence-corrected chi connectivity index (χ0v) is 9.55. The molecule has 2 heterocycles. The molecule has 0 radical (unpaired) electrons. The van der Waals surface area contributed by atoms with Crippen LogP contribution < -0.4 is 17.0 Å². The van der Waals surface area contributed by atoms with Crippen LogP contribution in [-0.2, 0) is 6.54 Å². The van der Waals surface area contributed by atoms with Crippen molar-refractivity contribution < 1.29 is 17.0 Å². The Labute approximate surface area is 94.4 Å². The normalized spacial score (nSPS) is 9.50. The number of hydrogen-bond acceptors (Lipinski definition) is 1. The fraction of sp³-hybridized carbons (Fsp3) is 0.182. The van der Waals surface area contributed by atoms with Crippen LogP contribution in [0, 0.1) is 6.92 Å². The Morgan fingerprint density at radius 1 is 1.21 bits per heavy atom. The van der Waals surface area contributed by atoms with Crippen molar-refractivity contribution in [1.29, 1.82) is 0 Å². The van der Waals surface area contributed by atoms with Crippen molar-refractivity contribution in [2.24, 2.45) is 0 Å². The Bertz CT molecular complexity index is 383. The van der Waals surface area contributed by atoms with Gasteiger partial charge in [0.15, 0.2) is 18.9 Å². The number of aromatic nitrogens is 1. The Hall–Kier alpha value is -0.860.